The zero-order valence-electron chi connectivity index (χ0n) is 9.33. The Bertz CT molecular complexity index is 386. The van der Waals surface area contributed by atoms with Crippen molar-refractivity contribution in [2.24, 2.45) is 0 Å². The molecule has 3 nitrogen and oxygen atoms in total. The highest BCUT2D eigenvalue weighted by molar-refractivity contribution is 5.28. The van der Waals surface area contributed by atoms with E-state index in [1.54, 1.807) is 0 Å². The normalized spacial score (nSPS) is 28.2. The zero-order valence-corrected chi connectivity index (χ0v) is 9.33. The van der Waals surface area contributed by atoms with Gasteiger partial charge in [0.05, 0.1) is 5.69 Å². The molecule has 1 saturated heterocycles. The largest absolute Gasteiger partial charge is 0.307 e. The van der Waals surface area contributed by atoms with Gasteiger partial charge in [0.25, 0.3) is 0 Å². The molecule has 1 aromatic heterocycles. The fraction of sp³-hybridized carbons (Fsp3) is 0.667. The first-order valence-corrected chi connectivity index (χ1v) is 5.86. The summed E-state index contributed by atoms with van der Waals surface area (Å²) in [6.07, 6.45) is 5.67. The van der Waals surface area contributed by atoms with Crippen molar-refractivity contribution in [3.63, 3.8) is 0 Å². The molecule has 0 aromatic carbocycles. The molecule has 0 unspecified atom stereocenters. The molecule has 0 saturated carbocycles. The second kappa shape index (κ2) is 3.27. The monoisotopic (exact) mass is 203 g/mol. The summed E-state index contributed by atoms with van der Waals surface area (Å²) in [7, 11) is 0. The summed E-state index contributed by atoms with van der Waals surface area (Å²) in [6, 6.07) is 1.19. The van der Waals surface area contributed by atoms with Crippen molar-refractivity contribution >= 4 is 0 Å². The van der Waals surface area contributed by atoms with Gasteiger partial charge in [0.2, 0.25) is 0 Å². The van der Waals surface area contributed by atoms with Gasteiger partial charge in [0, 0.05) is 36.2 Å². The van der Waals surface area contributed by atoms with E-state index in [-0.39, 0.29) is 0 Å². The second-order valence-electron chi connectivity index (χ2n) is 4.98. The van der Waals surface area contributed by atoms with Crippen LogP contribution in [0.25, 0.3) is 0 Å². The van der Waals surface area contributed by atoms with E-state index in [0.717, 1.165) is 12.2 Å². The lowest BCUT2D eigenvalue weighted by atomic mass is 10.0. The van der Waals surface area contributed by atoms with Gasteiger partial charge in [-0.05, 0) is 12.8 Å². The summed E-state index contributed by atoms with van der Waals surface area (Å²) in [6.45, 7) is 4.30. The fourth-order valence-corrected chi connectivity index (χ4v) is 2.63. The van der Waals surface area contributed by atoms with Crippen LogP contribution in [0.1, 0.15) is 55.7 Å². The summed E-state index contributed by atoms with van der Waals surface area (Å²) in [5.41, 5.74) is 2.63. The third-order valence-electron chi connectivity index (χ3n) is 3.49. The average Bonchev–Trinajstić information content (AvgIpc) is 2.60. The van der Waals surface area contributed by atoms with Gasteiger partial charge < -0.3 is 5.32 Å². The predicted octanol–water partition coefficient (Wildman–Crippen LogP) is 1.95. The van der Waals surface area contributed by atoms with E-state index < -0.39 is 0 Å². The molecule has 0 spiro atoms. The number of fused-ring (bicyclic) bond motifs is 4. The van der Waals surface area contributed by atoms with Crippen LogP contribution in [0.4, 0.5) is 0 Å². The van der Waals surface area contributed by atoms with Crippen molar-refractivity contribution in [1.82, 2.24) is 15.3 Å². The van der Waals surface area contributed by atoms with Gasteiger partial charge in [-0.15, -0.1) is 0 Å². The highest BCUT2D eigenvalue weighted by Crippen LogP contribution is 2.34. The van der Waals surface area contributed by atoms with Gasteiger partial charge in [0.15, 0.2) is 0 Å². The van der Waals surface area contributed by atoms with E-state index in [0.29, 0.717) is 18.0 Å². The Morgan fingerprint density at radius 2 is 2.27 bits per heavy atom. The quantitative estimate of drug-likeness (QED) is 0.758. The smallest absolute Gasteiger partial charge is 0.131 e. The maximum atomic E-state index is 4.70. The summed E-state index contributed by atoms with van der Waals surface area (Å²) in [4.78, 5) is 9.16. The predicted molar refractivity (Wildman–Crippen MR) is 58.7 cm³/mol. The Hall–Kier alpha value is -0.960. The van der Waals surface area contributed by atoms with E-state index in [9.17, 15) is 0 Å². The standard InChI is InChI=1S/C12H17N3/c1-7(2)12-13-6-9-10-4-3-8(14-10)5-11(9)15-12/h6-8,10,14H,3-5H2,1-2H3/t8-,10+/m1/s1. The Balaban J connectivity index is 2.03. The summed E-state index contributed by atoms with van der Waals surface area (Å²) < 4.78 is 0. The first-order valence-electron chi connectivity index (χ1n) is 5.86. The number of aromatic nitrogens is 2. The molecule has 80 valence electrons. The van der Waals surface area contributed by atoms with Crippen molar-refractivity contribution in [2.45, 2.75) is 51.1 Å². The molecule has 3 rings (SSSR count). The van der Waals surface area contributed by atoms with Gasteiger partial charge in [-0.1, -0.05) is 13.8 Å². The van der Waals surface area contributed by atoms with Gasteiger partial charge in [-0.25, -0.2) is 9.97 Å². The zero-order chi connectivity index (χ0) is 10.4. The molecular weight excluding hydrogens is 186 g/mol. The minimum atomic E-state index is 0.433. The molecule has 0 amide bonds. The molecule has 2 bridgehead atoms. The van der Waals surface area contributed by atoms with Crippen LogP contribution in [0.2, 0.25) is 0 Å². The molecule has 0 radical (unpaired) electrons. The Labute approximate surface area is 90.3 Å². The number of nitrogens with zero attached hydrogens (tertiary/aromatic N) is 2. The van der Waals surface area contributed by atoms with Crippen molar-refractivity contribution in [1.29, 1.82) is 0 Å². The van der Waals surface area contributed by atoms with Crippen LogP contribution in [-0.4, -0.2) is 16.0 Å². The molecule has 1 fully saturated rings. The molecule has 2 aliphatic rings. The SMILES string of the molecule is CC(C)c1ncc2c(n1)C[C@H]1CC[C@@H]2N1. The van der Waals surface area contributed by atoms with Gasteiger partial charge in [-0.2, -0.15) is 0 Å². The van der Waals surface area contributed by atoms with Crippen LogP contribution in [0, 0.1) is 0 Å². The minimum Gasteiger partial charge on any atom is -0.307 e. The maximum absolute atomic E-state index is 4.70. The summed E-state index contributed by atoms with van der Waals surface area (Å²) >= 11 is 0. The number of hydrogen-bond donors (Lipinski definition) is 1. The average molecular weight is 203 g/mol. The molecule has 3 heteroatoms. The lowest BCUT2D eigenvalue weighted by Gasteiger charge is -2.23. The first-order chi connectivity index (χ1) is 7.24. The highest BCUT2D eigenvalue weighted by Gasteiger charge is 2.33. The molecule has 1 aromatic rings. The topological polar surface area (TPSA) is 37.8 Å². The molecule has 15 heavy (non-hydrogen) atoms. The van der Waals surface area contributed by atoms with Crippen LogP contribution >= 0.6 is 0 Å². The van der Waals surface area contributed by atoms with Crippen LogP contribution in [0.3, 0.4) is 0 Å². The third-order valence-corrected chi connectivity index (χ3v) is 3.49. The second-order valence-corrected chi connectivity index (χ2v) is 4.98. The van der Waals surface area contributed by atoms with Crippen molar-refractivity contribution in [2.75, 3.05) is 0 Å². The van der Waals surface area contributed by atoms with Crippen LogP contribution in [0.5, 0.6) is 0 Å². The van der Waals surface area contributed by atoms with E-state index in [2.05, 4.69) is 24.1 Å². The molecule has 2 aliphatic heterocycles. The number of hydrogen-bond acceptors (Lipinski definition) is 3. The Morgan fingerprint density at radius 1 is 1.40 bits per heavy atom. The molecule has 2 atom stereocenters. The summed E-state index contributed by atoms with van der Waals surface area (Å²) in [5, 5.41) is 3.62. The van der Waals surface area contributed by atoms with Gasteiger partial charge in [-0.3, -0.25) is 0 Å². The lowest BCUT2D eigenvalue weighted by molar-refractivity contribution is 0.500. The van der Waals surface area contributed by atoms with Gasteiger partial charge in [0.1, 0.15) is 5.82 Å². The molecule has 3 heterocycles. The Morgan fingerprint density at radius 3 is 3.07 bits per heavy atom. The molecule has 1 N–H and O–H groups in total. The molecular formula is C12H17N3. The van der Waals surface area contributed by atoms with E-state index >= 15 is 0 Å². The fourth-order valence-electron chi connectivity index (χ4n) is 2.63. The first kappa shape index (κ1) is 9.28. The van der Waals surface area contributed by atoms with Crippen molar-refractivity contribution < 1.29 is 0 Å². The highest BCUT2D eigenvalue weighted by atomic mass is 15.0. The van der Waals surface area contributed by atoms with Crippen LogP contribution < -0.4 is 5.32 Å². The van der Waals surface area contributed by atoms with E-state index in [1.807, 2.05) is 6.20 Å². The summed E-state index contributed by atoms with van der Waals surface area (Å²) in [5.74, 6) is 1.43. The minimum absolute atomic E-state index is 0.433. The van der Waals surface area contributed by atoms with Crippen LogP contribution in [-0.2, 0) is 6.42 Å². The van der Waals surface area contributed by atoms with Crippen LogP contribution in [0.15, 0.2) is 6.20 Å². The van der Waals surface area contributed by atoms with Crippen molar-refractivity contribution in [3.05, 3.63) is 23.3 Å². The van der Waals surface area contributed by atoms with E-state index in [4.69, 9.17) is 4.98 Å². The number of nitrogens with one attached hydrogen (secondary N) is 1. The number of rotatable bonds is 1. The lowest BCUT2D eigenvalue weighted by Crippen LogP contribution is -2.32. The van der Waals surface area contributed by atoms with Gasteiger partial charge >= 0.3 is 0 Å². The maximum Gasteiger partial charge on any atom is 0.131 e. The van der Waals surface area contributed by atoms with E-state index in [1.165, 1.54) is 24.1 Å². The van der Waals surface area contributed by atoms with Crippen molar-refractivity contribution in [3.8, 4) is 0 Å². The Kier molecular flexibility index (Phi) is 2.02. The molecule has 0 aliphatic carbocycles. The third kappa shape index (κ3) is 1.46.